The van der Waals surface area contributed by atoms with Crippen molar-refractivity contribution in [2.24, 2.45) is 0 Å². The number of H-pyrrole nitrogens is 1. The Kier molecular flexibility index (Phi) is 12.1. The van der Waals surface area contributed by atoms with E-state index in [4.69, 9.17) is 18.9 Å². The minimum atomic E-state index is -5.01. The second-order valence-electron chi connectivity index (χ2n) is 10.8. The number of morpholine rings is 1. The minimum Gasteiger partial charge on any atom is -0.383 e. The lowest BCUT2D eigenvalue weighted by Crippen LogP contribution is -2.46. The fraction of sp³-hybridized carbons (Fsp3) is 0.533. The highest BCUT2D eigenvalue weighted by Gasteiger charge is 2.39. The summed E-state index contributed by atoms with van der Waals surface area (Å²) in [6, 6.07) is 6.14. The van der Waals surface area contributed by atoms with Gasteiger partial charge in [-0.05, 0) is 48.4 Å². The zero-order valence-electron chi connectivity index (χ0n) is 25.5. The Bertz CT molecular complexity index is 1350. The van der Waals surface area contributed by atoms with E-state index >= 15 is 0 Å². The summed E-state index contributed by atoms with van der Waals surface area (Å²) < 4.78 is 118. The number of hydrogen-bond donors (Lipinski definition) is 1. The van der Waals surface area contributed by atoms with Gasteiger partial charge in [-0.25, -0.2) is 4.39 Å². The molecule has 1 aliphatic heterocycles. The summed E-state index contributed by atoms with van der Waals surface area (Å²) in [4.78, 5) is 4.04. The first kappa shape index (κ1) is 35.7. The van der Waals surface area contributed by atoms with Crippen molar-refractivity contribution in [3.05, 3.63) is 81.9 Å². The number of nitrogens with zero attached hydrogens (tertiary/aromatic N) is 4. The molecule has 46 heavy (non-hydrogen) atoms. The molecule has 0 unspecified atom stereocenters. The molecule has 0 aliphatic carbocycles. The van der Waals surface area contributed by atoms with Gasteiger partial charge in [0.2, 0.25) is 0 Å². The zero-order chi connectivity index (χ0) is 33.5. The van der Waals surface area contributed by atoms with Crippen LogP contribution in [0.25, 0.3) is 0 Å². The van der Waals surface area contributed by atoms with Crippen molar-refractivity contribution in [2.75, 3.05) is 53.7 Å². The van der Waals surface area contributed by atoms with Gasteiger partial charge in [-0.15, -0.1) is 5.10 Å². The highest BCUT2D eigenvalue weighted by molar-refractivity contribution is 5.35. The first-order chi connectivity index (χ1) is 21.8. The second-order valence-corrected chi connectivity index (χ2v) is 10.8. The van der Waals surface area contributed by atoms with Gasteiger partial charge < -0.3 is 18.9 Å². The van der Waals surface area contributed by atoms with Crippen LogP contribution in [0.4, 0.5) is 30.7 Å². The SMILES string of the molecule is COCCN(CCOC)Cc1[nH]nnc1CN1CCO[C@H](O[C@H](C)c2cc(C(F)(F)F)cc(C(F)(F)F)c2)[C@@H]1c1ccc(F)cc1. The van der Waals surface area contributed by atoms with Gasteiger partial charge in [-0.2, -0.15) is 26.3 Å². The number of halogens is 7. The Labute approximate surface area is 261 Å². The second kappa shape index (κ2) is 15.6. The van der Waals surface area contributed by atoms with E-state index in [1.54, 1.807) is 14.2 Å². The summed E-state index contributed by atoms with van der Waals surface area (Å²) in [7, 11) is 3.21. The third kappa shape index (κ3) is 9.45. The van der Waals surface area contributed by atoms with Gasteiger partial charge in [0.25, 0.3) is 0 Å². The Morgan fingerprint density at radius 3 is 2.15 bits per heavy atom. The average molecular weight is 664 g/mol. The van der Waals surface area contributed by atoms with Gasteiger partial charge in [-0.1, -0.05) is 17.3 Å². The van der Waals surface area contributed by atoms with Gasteiger partial charge in [-0.3, -0.25) is 14.9 Å². The van der Waals surface area contributed by atoms with Crippen molar-refractivity contribution in [2.45, 2.75) is 50.8 Å². The maximum absolute atomic E-state index is 13.9. The van der Waals surface area contributed by atoms with Gasteiger partial charge in [0, 0.05) is 46.9 Å². The molecule has 0 radical (unpaired) electrons. The summed E-state index contributed by atoms with van der Waals surface area (Å²) in [5.41, 5.74) is -1.33. The largest absolute Gasteiger partial charge is 0.416 e. The quantitative estimate of drug-likeness (QED) is 0.218. The fourth-order valence-corrected chi connectivity index (χ4v) is 5.15. The molecule has 2 heterocycles. The Hall–Kier alpha value is -3.15. The number of rotatable bonds is 14. The average Bonchev–Trinajstić information content (AvgIpc) is 3.44. The van der Waals surface area contributed by atoms with Crippen molar-refractivity contribution in [1.29, 1.82) is 0 Å². The van der Waals surface area contributed by atoms with E-state index in [2.05, 4.69) is 20.3 Å². The van der Waals surface area contributed by atoms with Crippen LogP contribution in [-0.4, -0.2) is 85.2 Å². The summed E-state index contributed by atoms with van der Waals surface area (Å²) in [6.07, 6.45) is -12.4. The smallest absolute Gasteiger partial charge is 0.383 e. The maximum atomic E-state index is 13.9. The molecule has 0 saturated carbocycles. The minimum absolute atomic E-state index is 0.0670. The molecule has 16 heteroatoms. The van der Waals surface area contributed by atoms with Crippen LogP contribution in [-0.2, 0) is 44.4 Å². The lowest BCUT2D eigenvalue weighted by Gasteiger charge is -2.42. The Balaban J connectivity index is 1.62. The van der Waals surface area contributed by atoms with E-state index in [-0.39, 0.29) is 24.8 Å². The van der Waals surface area contributed by atoms with Crippen molar-refractivity contribution in [1.82, 2.24) is 25.2 Å². The van der Waals surface area contributed by atoms with E-state index in [9.17, 15) is 30.7 Å². The first-order valence-electron chi connectivity index (χ1n) is 14.4. The Morgan fingerprint density at radius 1 is 0.978 bits per heavy atom. The van der Waals surface area contributed by atoms with E-state index in [0.29, 0.717) is 62.8 Å². The number of benzene rings is 2. The van der Waals surface area contributed by atoms with Crippen LogP contribution >= 0.6 is 0 Å². The monoisotopic (exact) mass is 663 g/mol. The summed E-state index contributed by atoms with van der Waals surface area (Å²) in [5, 5.41) is 11.2. The standard InChI is InChI=1S/C30H36F7N5O4/c1-19(21-14-22(29(32,33)34)16-23(15-21)30(35,36)37)46-28-27(20-4-6-24(31)7-5-20)42(10-13-45-28)18-26-25(38-40-39-26)17-41(8-11-43-2)9-12-44-3/h4-7,14-16,19,27-28H,8-13,17-18H2,1-3H3,(H,38,39,40)/t19-,27+,28-/m1/s1. The molecule has 1 aliphatic rings. The van der Waals surface area contributed by atoms with E-state index in [0.717, 1.165) is 5.69 Å². The number of methoxy groups -OCH3 is 2. The molecule has 1 aromatic heterocycles. The van der Waals surface area contributed by atoms with Crippen LogP contribution in [0.1, 0.15) is 52.7 Å². The van der Waals surface area contributed by atoms with Crippen molar-refractivity contribution >= 4 is 0 Å². The van der Waals surface area contributed by atoms with Crippen LogP contribution < -0.4 is 0 Å². The highest BCUT2D eigenvalue weighted by Crippen LogP contribution is 2.40. The molecule has 254 valence electrons. The van der Waals surface area contributed by atoms with Gasteiger partial charge >= 0.3 is 12.4 Å². The molecule has 0 spiro atoms. The number of nitrogens with one attached hydrogen (secondary N) is 1. The molecule has 1 N–H and O–H groups in total. The van der Waals surface area contributed by atoms with Gasteiger partial charge in [0.05, 0.1) is 48.8 Å². The molecule has 3 atom stereocenters. The third-order valence-electron chi connectivity index (χ3n) is 7.60. The summed E-state index contributed by atoms with van der Waals surface area (Å²) in [5.74, 6) is -0.493. The van der Waals surface area contributed by atoms with Crippen LogP contribution in [0.15, 0.2) is 42.5 Å². The third-order valence-corrected chi connectivity index (χ3v) is 7.60. The lowest BCUT2D eigenvalue weighted by atomic mass is 10.0. The molecule has 1 saturated heterocycles. The molecule has 0 bridgehead atoms. The first-order valence-corrected chi connectivity index (χ1v) is 14.4. The van der Waals surface area contributed by atoms with Gasteiger partial charge in [0.1, 0.15) is 11.5 Å². The van der Waals surface area contributed by atoms with Crippen LogP contribution in [0.3, 0.4) is 0 Å². The molecule has 2 aromatic carbocycles. The molecular weight excluding hydrogens is 627 g/mol. The number of alkyl halides is 6. The number of hydrogen-bond acceptors (Lipinski definition) is 8. The highest BCUT2D eigenvalue weighted by atomic mass is 19.4. The molecule has 4 rings (SSSR count). The van der Waals surface area contributed by atoms with Crippen molar-refractivity contribution in [3.63, 3.8) is 0 Å². The van der Waals surface area contributed by atoms with E-state index in [1.165, 1.54) is 31.2 Å². The number of aromatic amines is 1. The fourth-order valence-electron chi connectivity index (χ4n) is 5.15. The maximum Gasteiger partial charge on any atom is 0.416 e. The number of ether oxygens (including phenoxy) is 4. The normalized spacial score (nSPS) is 18.8. The zero-order valence-corrected chi connectivity index (χ0v) is 25.5. The van der Waals surface area contributed by atoms with E-state index < -0.39 is 47.7 Å². The van der Waals surface area contributed by atoms with Crippen molar-refractivity contribution in [3.8, 4) is 0 Å². The topological polar surface area (TPSA) is 85.0 Å². The number of aromatic nitrogens is 3. The Morgan fingerprint density at radius 2 is 1.59 bits per heavy atom. The molecule has 1 fully saturated rings. The predicted molar refractivity (Wildman–Crippen MR) is 151 cm³/mol. The van der Waals surface area contributed by atoms with Crippen molar-refractivity contribution < 1.29 is 49.7 Å². The molecule has 3 aromatic rings. The summed E-state index contributed by atoms with van der Waals surface area (Å²) in [6.45, 7) is 4.75. The van der Waals surface area contributed by atoms with Crippen LogP contribution in [0.2, 0.25) is 0 Å². The van der Waals surface area contributed by atoms with Gasteiger partial charge in [0.15, 0.2) is 6.29 Å². The van der Waals surface area contributed by atoms with Crippen LogP contribution in [0, 0.1) is 5.82 Å². The molecular formula is C30H36F7N5O4. The van der Waals surface area contributed by atoms with Crippen LogP contribution in [0.5, 0.6) is 0 Å². The molecule has 0 amide bonds. The molecule has 9 nitrogen and oxygen atoms in total. The van der Waals surface area contributed by atoms with E-state index in [1.807, 2.05) is 4.90 Å². The predicted octanol–water partition coefficient (Wildman–Crippen LogP) is 5.75. The summed E-state index contributed by atoms with van der Waals surface area (Å²) >= 11 is 0. The lowest BCUT2D eigenvalue weighted by molar-refractivity contribution is -0.231.